The molecule has 4 heteroatoms. The number of hydrogen-bond donors (Lipinski definition) is 2. The highest BCUT2D eigenvalue weighted by molar-refractivity contribution is 5.79. The first-order valence-corrected chi connectivity index (χ1v) is 6.46. The number of rotatable bonds is 3. The van der Waals surface area contributed by atoms with Crippen molar-refractivity contribution in [1.82, 2.24) is 10.2 Å². The summed E-state index contributed by atoms with van der Waals surface area (Å²) in [6.07, 6.45) is 4.94. The van der Waals surface area contributed by atoms with Gasteiger partial charge in [0, 0.05) is 6.04 Å². The lowest BCUT2D eigenvalue weighted by atomic mass is 9.88. The van der Waals surface area contributed by atoms with Crippen molar-refractivity contribution in [3.8, 4) is 0 Å². The molecule has 2 rings (SSSR count). The van der Waals surface area contributed by atoms with E-state index in [0.29, 0.717) is 6.04 Å². The van der Waals surface area contributed by atoms with E-state index < -0.39 is 0 Å². The standard InChI is InChI=1S/C12H23N3O/c1-9(12(13)16)15-8-2-3-11(15)10-4-6-14-7-5-10/h9-11,14H,2-8H2,1H3,(H2,13,16). The maximum atomic E-state index is 11.3. The first-order chi connectivity index (χ1) is 7.70. The van der Waals surface area contributed by atoms with Crippen LogP contribution in [0.2, 0.25) is 0 Å². The first kappa shape index (κ1) is 11.9. The number of carbonyl (C=O) groups is 1. The molecule has 2 aliphatic rings. The Labute approximate surface area is 97.6 Å². The van der Waals surface area contributed by atoms with Crippen molar-refractivity contribution in [2.45, 2.75) is 44.7 Å². The summed E-state index contributed by atoms with van der Waals surface area (Å²) in [4.78, 5) is 13.6. The van der Waals surface area contributed by atoms with Crippen LogP contribution in [0.15, 0.2) is 0 Å². The summed E-state index contributed by atoms with van der Waals surface area (Å²) in [5.41, 5.74) is 5.41. The summed E-state index contributed by atoms with van der Waals surface area (Å²) >= 11 is 0. The van der Waals surface area contributed by atoms with E-state index in [1.807, 2.05) is 6.92 Å². The number of hydrogen-bond acceptors (Lipinski definition) is 3. The number of nitrogens with two attached hydrogens (primary N) is 1. The van der Waals surface area contributed by atoms with Crippen molar-refractivity contribution in [1.29, 1.82) is 0 Å². The highest BCUT2D eigenvalue weighted by atomic mass is 16.1. The number of likely N-dealkylation sites (tertiary alicyclic amines) is 1. The molecule has 2 aliphatic heterocycles. The van der Waals surface area contributed by atoms with Gasteiger partial charge in [-0.1, -0.05) is 0 Å². The second kappa shape index (κ2) is 5.15. The van der Waals surface area contributed by atoms with Crippen LogP contribution in [-0.4, -0.2) is 42.5 Å². The van der Waals surface area contributed by atoms with Gasteiger partial charge >= 0.3 is 0 Å². The summed E-state index contributed by atoms with van der Waals surface area (Å²) in [6, 6.07) is 0.493. The van der Waals surface area contributed by atoms with Gasteiger partial charge in [0.25, 0.3) is 0 Å². The van der Waals surface area contributed by atoms with Crippen LogP contribution in [0.4, 0.5) is 0 Å². The Bertz CT molecular complexity index is 251. The molecular formula is C12H23N3O. The Morgan fingerprint density at radius 3 is 2.69 bits per heavy atom. The van der Waals surface area contributed by atoms with E-state index in [4.69, 9.17) is 5.73 Å². The topological polar surface area (TPSA) is 58.4 Å². The number of carbonyl (C=O) groups excluding carboxylic acids is 1. The Hall–Kier alpha value is -0.610. The lowest BCUT2D eigenvalue weighted by Crippen LogP contribution is -2.49. The molecule has 16 heavy (non-hydrogen) atoms. The maximum absolute atomic E-state index is 11.3. The normalized spacial score (nSPS) is 30.4. The largest absolute Gasteiger partial charge is 0.368 e. The fraction of sp³-hybridized carbons (Fsp3) is 0.917. The Morgan fingerprint density at radius 2 is 2.06 bits per heavy atom. The predicted octanol–water partition coefficient (Wildman–Crippen LogP) is 0.324. The van der Waals surface area contributed by atoms with Gasteiger partial charge < -0.3 is 11.1 Å². The molecule has 0 aromatic carbocycles. The third kappa shape index (κ3) is 2.38. The van der Waals surface area contributed by atoms with Crippen LogP contribution >= 0.6 is 0 Å². The predicted molar refractivity (Wildman–Crippen MR) is 64.0 cm³/mol. The minimum Gasteiger partial charge on any atom is -0.368 e. The molecule has 0 aromatic rings. The van der Waals surface area contributed by atoms with E-state index in [-0.39, 0.29) is 11.9 Å². The third-order valence-corrected chi connectivity index (χ3v) is 4.18. The van der Waals surface area contributed by atoms with Gasteiger partial charge in [-0.15, -0.1) is 0 Å². The zero-order chi connectivity index (χ0) is 11.5. The van der Waals surface area contributed by atoms with Crippen molar-refractivity contribution >= 4 is 5.91 Å². The molecule has 1 amide bonds. The van der Waals surface area contributed by atoms with E-state index in [0.717, 1.165) is 25.6 Å². The Kier molecular flexibility index (Phi) is 3.82. The first-order valence-electron chi connectivity index (χ1n) is 6.46. The van der Waals surface area contributed by atoms with Gasteiger partial charge in [-0.25, -0.2) is 0 Å². The average Bonchev–Trinajstić information content (AvgIpc) is 2.77. The summed E-state index contributed by atoms with van der Waals surface area (Å²) in [5.74, 6) is 0.575. The maximum Gasteiger partial charge on any atom is 0.234 e. The number of amides is 1. The number of nitrogens with zero attached hydrogens (tertiary/aromatic N) is 1. The summed E-state index contributed by atoms with van der Waals surface area (Å²) in [7, 11) is 0. The quantitative estimate of drug-likeness (QED) is 0.727. The molecule has 0 saturated carbocycles. The van der Waals surface area contributed by atoms with Gasteiger partial charge in [0.15, 0.2) is 0 Å². The molecule has 2 heterocycles. The summed E-state index contributed by atoms with van der Waals surface area (Å²) in [5, 5.41) is 3.39. The van der Waals surface area contributed by atoms with Gasteiger partial charge in [0.2, 0.25) is 5.91 Å². The molecule has 3 N–H and O–H groups in total. The van der Waals surface area contributed by atoms with Crippen LogP contribution < -0.4 is 11.1 Å². The molecule has 2 fully saturated rings. The van der Waals surface area contributed by atoms with Gasteiger partial charge in [0.1, 0.15) is 0 Å². The molecule has 92 valence electrons. The Morgan fingerprint density at radius 1 is 1.38 bits per heavy atom. The fourth-order valence-corrected chi connectivity index (χ4v) is 3.19. The van der Waals surface area contributed by atoms with E-state index in [9.17, 15) is 4.79 Å². The zero-order valence-electron chi connectivity index (χ0n) is 10.1. The molecule has 2 unspecified atom stereocenters. The molecular weight excluding hydrogens is 202 g/mol. The van der Waals surface area contributed by atoms with Gasteiger partial charge in [-0.3, -0.25) is 9.69 Å². The smallest absolute Gasteiger partial charge is 0.234 e. The fourth-order valence-electron chi connectivity index (χ4n) is 3.19. The SMILES string of the molecule is CC(C(N)=O)N1CCCC1C1CCNCC1. The van der Waals surface area contributed by atoms with Gasteiger partial charge in [-0.05, 0) is 58.2 Å². The molecule has 0 aliphatic carbocycles. The highest BCUT2D eigenvalue weighted by Gasteiger charge is 2.36. The molecule has 2 atom stereocenters. The van der Waals surface area contributed by atoms with Crippen molar-refractivity contribution in [2.75, 3.05) is 19.6 Å². The van der Waals surface area contributed by atoms with Gasteiger partial charge in [-0.2, -0.15) is 0 Å². The summed E-state index contributed by atoms with van der Waals surface area (Å²) in [6.45, 7) is 5.24. The van der Waals surface area contributed by atoms with Crippen LogP contribution in [0.5, 0.6) is 0 Å². The van der Waals surface area contributed by atoms with Crippen LogP contribution in [0.1, 0.15) is 32.6 Å². The monoisotopic (exact) mass is 225 g/mol. The second-order valence-electron chi connectivity index (χ2n) is 5.11. The van der Waals surface area contributed by atoms with E-state index in [1.54, 1.807) is 0 Å². The van der Waals surface area contributed by atoms with Crippen molar-refractivity contribution in [3.63, 3.8) is 0 Å². The number of piperidine rings is 1. The molecule has 2 saturated heterocycles. The number of nitrogens with one attached hydrogen (secondary N) is 1. The molecule has 0 aromatic heterocycles. The van der Waals surface area contributed by atoms with Crippen LogP contribution in [0.25, 0.3) is 0 Å². The molecule has 0 bridgehead atoms. The van der Waals surface area contributed by atoms with Crippen molar-refractivity contribution in [3.05, 3.63) is 0 Å². The van der Waals surface area contributed by atoms with Crippen LogP contribution in [0, 0.1) is 5.92 Å². The second-order valence-corrected chi connectivity index (χ2v) is 5.11. The zero-order valence-corrected chi connectivity index (χ0v) is 10.1. The molecule has 0 radical (unpaired) electrons. The van der Waals surface area contributed by atoms with E-state index in [2.05, 4.69) is 10.2 Å². The van der Waals surface area contributed by atoms with Crippen molar-refractivity contribution < 1.29 is 4.79 Å². The lowest BCUT2D eigenvalue weighted by Gasteiger charge is -2.36. The summed E-state index contributed by atoms with van der Waals surface area (Å²) < 4.78 is 0. The Balaban J connectivity index is 1.99. The van der Waals surface area contributed by atoms with Crippen molar-refractivity contribution in [2.24, 2.45) is 11.7 Å². The van der Waals surface area contributed by atoms with E-state index in [1.165, 1.54) is 25.7 Å². The van der Waals surface area contributed by atoms with Gasteiger partial charge in [0.05, 0.1) is 6.04 Å². The van der Waals surface area contributed by atoms with Crippen LogP contribution in [0.3, 0.4) is 0 Å². The minimum atomic E-state index is -0.180. The molecule has 4 nitrogen and oxygen atoms in total. The van der Waals surface area contributed by atoms with E-state index >= 15 is 0 Å². The molecule has 0 spiro atoms. The third-order valence-electron chi connectivity index (χ3n) is 4.18. The highest BCUT2D eigenvalue weighted by Crippen LogP contribution is 2.30. The average molecular weight is 225 g/mol. The minimum absolute atomic E-state index is 0.0950. The lowest BCUT2D eigenvalue weighted by molar-refractivity contribution is -0.123. The number of primary amides is 1. The van der Waals surface area contributed by atoms with Crippen LogP contribution in [-0.2, 0) is 4.79 Å².